The zero-order valence-corrected chi connectivity index (χ0v) is 12.4. The van der Waals surface area contributed by atoms with Crippen molar-refractivity contribution in [3.63, 3.8) is 0 Å². The topological polar surface area (TPSA) is 40.5 Å². The number of rotatable bonds is 4. The number of fused-ring (bicyclic) bond motifs is 1. The SMILES string of the molecule is O=CC=CN1CCc2ccccc2C1c1ccc(CO)cc1. The van der Waals surface area contributed by atoms with Gasteiger partial charge in [-0.3, -0.25) is 4.79 Å². The van der Waals surface area contributed by atoms with E-state index in [0.29, 0.717) is 0 Å². The van der Waals surface area contributed by atoms with E-state index in [1.807, 2.05) is 18.3 Å². The van der Waals surface area contributed by atoms with E-state index in [4.69, 9.17) is 0 Å². The average molecular weight is 293 g/mol. The smallest absolute Gasteiger partial charge is 0.144 e. The first-order valence-corrected chi connectivity index (χ1v) is 7.48. The molecule has 0 amide bonds. The summed E-state index contributed by atoms with van der Waals surface area (Å²) in [7, 11) is 0. The molecule has 3 rings (SSSR count). The minimum absolute atomic E-state index is 0.0519. The van der Waals surface area contributed by atoms with Crippen molar-refractivity contribution in [2.75, 3.05) is 6.54 Å². The molecule has 1 aliphatic rings. The molecule has 1 N–H and O–H groups in total. The summed E-state index contributed by atoms with van der Waals surface area (Å²) in [6.45, 7) is 0.935. The van der Waals surface area contributed by atoms with E-state index < -0.39 is 0 Å². The molecule has 22 heavy (non-hydrogen) atoms. The van der Waals surface area contributed by atoms with E-state index >= 15 is 0 Å². The second-order valence-corrected chi connectivity index (χ2v) is 5.47. The average Bonchev–Trinajstić information content (AvgIpc) is 2.59. The molecule has 0 spiro atoms. The molecule has 0 saturated heterocycles. The zero-order valence-electron chi connectivity index (χ0n) is 12.4. The molecule has 0 saturated carbocycles. The second kappa shape index (κ2) is 6.58. The summed E-state index contributed by atoms with van der Waals surface area (Å²) in [5, 5.41) is 9.20. The van der Waals surface area contributed by atoms with Gasteiger partial charge in [-0.05, 0) is 34.8 Å². The van der Waals surface area contributed by atoms with Crippen LogP contribution in [0.4, 0.5) is 0 Å². The number of carbonyl (C=O) groups is 1. The first-order valence-electron chi connectivity index (χ1n) is 7.48. The molecule has 3 heteroatoms. The molecule has 0 fully saturated rings. The van der Waals surface area contributed by atoms with Crippen LogP contribution in [-0.4, -0.2) is 22.8 Å². The number of benzene rings is 2. The highest BCUT2D eigenvalue weighted by molar-refractivity contribution is 5.64. The van der Waals surface area contributed by atoms with Gasteiger partial charge in [0.05, 0.1) is 12.6 Å². The summed E-state index contributed by atoms with van der Waals surface area (Å²) < 4.78 is 0. The number of hydrogen-bond donors (Lipinski definition) is 1. The van der Waals surface area contributed by atoms with Gasteiger partial charge in [0.1, 0.15) is 6.29 Å². The standard InChI is InChI=1S/C19H19NO2/c21-13-3-11-20-12-10-16-4-1-2-5-18(16)19(20)17-8-6-15(14-22)7-9-17/h1-9,11,13,19,22H,10,12,14H2. The van der Waals surface area contributed by atoms with E-state index in [0.717, 1.165) is 24.8 Å². The third-order valence-corrected chi connectivity index (χ3v) is 4.15. The number of aliphatic hydroxyl groups is 1. The summed E-state index contributed by atoms with van der Waals surface area (Å²) >= 11 is 0. The Bertz CT molecular complexity index is 676. The van der Waals surface area contributed by atoms with Crippen LogP contribution in [0.25, 0.3) is 0 Å². The van der Waals surface area contributed by atoms with E-state index in [1.54, 1.807) is 6.08 Å². The molecule has 0 aliphatic carbocycles. The highest BCUT2D eigenvalue weighted by Gasteiger charge is 2.26. The molecular weight excluding hydrogens is 274 g/mol. The predicted molar refractivity (Wildman–Crippen MR) is 86.3 cm³/mol. The van der Waals surface area contributed by atoms with E-state index in [9.17, 15) is 9.90 Å². The van der Waals surface area contributed by atoms with Gasteiger partial charge in [-0.2, -0.15) is 0 Å². The van der Waals surface area contributed by atoms with Crippen LogP contribution in [0.3, 0.4) is 0 Å². The fourth-order valence-corrected chi connectivity index (χ4v) is 3.07. The molecule has 1 aliphatic heterocycles. The summed E-state index contributed by atoms with van der Waals surface area (Å²) in [6, 6.07) is 16.6. The van der Waals surface area contributed by atoms with Crippen molar-refractivity contribution in [2.24, 2.45) is 0 Å². The van der Waals surface area contributed by atoms with Crippen LogP contribution >= 0.6 is 0 Å². The van der Waals surface area contributed by atoms with Gasteiger partial charge >= 0.3 is 0 Å². The molecule has 1 atom stereocenters. The number of nitrogens with zero attached hydrogens (tertiary/aromatic N) is 1. The first kappa shape index (κ1) is 14.5. The van der Waals surface area contributed by atoms with Crippen LogP contribution in [0.2, 0.25) is 0 Å². The van der Waals surface area contributed by atoms with E-state index in [1.165, 1.54) is 16.7 Å². The predicted octanol–water partition coefficient (Wildman–Crippen LogP) is 2.84. The zero-order chi connectivity index (χ0) is 15.4. The van der Waals surface area contributed by atoms with Crippen molar-refractivity contribution in [1.29, 1.82) is 0 Å². The minimum atomic E-state index is 0.0519. The van der Waals surface area contributed by atoms with Crippen molar-refractivity contribution >= 4 is 6.29 Å². The van der Waals surface area contributed by atoms with Gasteiger partial charge < -0.3 is 10.0 Å². The van der Waals surface area contributed by atoms with Crippen LogP contribution in [0.1, 0.15) is 28.3 Å². The van der Waals surface area contributed by atoms with Crippen molar-refractivity contribution in [2.45, 2.75) is 19.1 Å². The molecule has 0 bridgehead atoms. The molecule has 2 aromatic carbocycles. The first-order chi connectivity index (χ1) is 10.8. The normalized spacial score (nSPS) is 17.5. The summed E-state index contributed by atoms with van der Waals surface area (Å²) in [5.41, 5.74) is 4.71. The van der Waals surface area contributed by atoms with Crippen LogP contribution in [0.15, 0.2) is 60.8 Å². The Kier molecular flexibility index (Phi) is 4.35. The lowest BCUT2D eigenvalue weighted by Gasteiger charge is -2.37. The van der Waals surface area contributed by atoms with Gasteiger partial charge in [-0.1, -0.05) is 48.5 Å². The number of carbonyl (C=O) groups excluding carboxylic acids is 1. The number of aldehydes is 1. The van der Waals surface area contributed by atoms with Gasteiger partial charge in [0, 0.05) is 12.7 Å². The summed E-state index contributed by atoms with van der Waals surface area (Å²) in [4.78, 5) is 12.9. The molecule has 1 heterocycles. The molecule has 112 valence electrons. The van der Waals surface area contributed by atoms with Crippen molar-refractivity contribution in [1.82, 2.24) is 4.90 Å². The second-order valence-electron chi connectivity index (χ2n) is 5.47. The lowest BCUT2D eigenvalue weighted by Crippen LogP contribution is -2.32. The monoisotopic (exact) mass is 293 g/mol. The molecular formula is C19H19NO2. The number of hydrogen-bond acceptors (Lipinski definition) is 3. The summed E-state index contributed by atoms with van der Waals surface area (Å²) in [5.74, 6) is 0. The lowest BCUT2D eigenvalue weighted by molar-refractivity contribution is -0.104. The number of allylic oxidation sites excluding steroid dienone is 1. The fraction of sp³-hybridized carbons (Fsp3) is 0.211. The van der Waals surface area contributed by atoms with Gasteiger partial charge in [0.15, 0.2) is 0 Å². The van der Waals surface area contributed by atoms with Gasteiger partial charge in [0.25, 0.3) is 0 Å². The van der Waals surface area contributed by atoms with Crippen LogP contribution in [-0.2, 0) is 17.8 Å². The third kappa shape index (κ3) is 2.81. The molecule has 1 unspecified atom stereocenters. The minimum Gasteiger partial charge on any atom is -0.392 e. The highest BCUT2D eigenvalue weighted by Crippen LogP contribution is 2.35. The Balaban J connectivity index is 2.04. The Hall–Kier alpha value is -2.39. The third-order valence-electron chi connectivity index (χ3n) is 4.15. The number of aliphatic hydroxyl groups excluding tert-OH is 1. The van der Waals surface area contributed by atoms with Crippen molar-refractivity contribution < 1.29 is 9.90 Å². The van der Waals surface area contributed by atoms with Crippen LogP contribution in [0.5, 0.6) is 0 Å². The quantitative estimate of drug-likeness (QED) is 0.696. The lowest BCUT2D eigenvalue weighted by atomic mass is 9.88. The van der Waals surface area contributed by atoms with Crippen LogP contribution < -0.4 is 0 Å². The van der Waals surface area contributed by atoms with E-state index in [-0.39, 0.29) is 12.6 Å². The van der Waals surface area contributed by atoms with Gasteiger partial charge in [0.2, 0.25) is 0 Å². The summed E-state index contributed by atoms with van der Waals surface area (Å²) in [6.07, 6.45) is 5.20. The molecule has 3 nitrogen and oxygen atoms in total. The molecule has 0 aromatic heterocycles. The maximum atomic E-state index is 10.7. The van der Waals surface area contributed by atoms with Crippen LogP contribution in [0, 0.1) is 0 Å². The highest BCUT2D eigenvalue weighted by atomic mass is 16.3. The maximum Gasteiger partial charge on any atom is 0.144 e. The molecule has 0 radical (unpaired) electrons. The Morgan fingerprint density at radius 3 is 2.64 bits per heavy atom. The Labute approximate surface area is 130 Å². The maximum absolute atomic E-state index is 10.7. The molecule has 2 aromatic rings. The van der Waals surface area contributed by atoms with Crippen molar-refractivity contribution in [3.8, 4) is 0 Å². The van der Waals surface area contributed by atoms with Gasteiger partial charge in [-0.15, -0.1) is 0 Å². The van der Waals surface area contributed by atoms with Crippen molar-refractivity contribution in [3.05, 3.63) is 83.1 Å². The van der Waals surface area contributed by atoms with E-state index in [2.05, 4.69) is 41.3 Å². The Morgan fingerprint density at radius 2 is 1.91 bits per heavy atom. The largest absolute Gasteiger partial charge is 0.392 e. The Morgan fingerprint density at radius 1 is 1.14 bits per heavy atom. The van der Waals surface area contributed by atoms with Gasteiger partial charge in [-0.25, -0.2) is 0 Å². The fourth-order valence-electron chi connectivity index (χ4n) is 3.07.